The molecule has 220 valence electrons. The maximum atomic E-state index is 14.9. The molecule has 2 heterocycles. The number of ether oxygens (including phenoxy) is 2. The molecular formula is C31H35F4N3O3. The number of benzene rings is 2. The Morgan fingerprint density at radius 3 is 2.34 bits per heavy atom. The van der Waals surface area contributed by atoms with Crippen molar-refractivity contribution in [2.45, 2.75) is 82.8 Å². The molecule has 2 aliphatic heterocycles. The highest BCUT2D eigenvalue weighted by molar-refractivity contribution is 6.05. The predicted octanol–water partition coefficient (Wildman–Crippen LogP) is 6.76. The first kappa shape index (κ1) is 29.1. The van der Waals surface area contributed by atoms with Crippen molar-refractivity contribution in [1.29, 1.82) is 5.41 Å². The van der Waals surface area contributed by atoms with Gasteiger partial charge in [-0.3, -0.25) is 4.79 Å². The zero-order chi connectivity index (χ0) is 29.3. The largest absolute Gasteiger partial charge is 0.573 e. The molecule has 3 fully saturated rings. The lowest BCUT2D eigenvalue weighted by Gasteiger charge is -2.40. The van der Waals surface area contributed by atoms with Crippen LogP contribution in [-0.2, 0) is 9.53 Å². The van der Waals surface area contributed by atoms with Crippen LogP contribution in [0.5, 0.6) is 5.75 Å². The summed E-state index contributed by atoms with van der Waals surface area (Å²) in [4.78, 5) is 15.4. The Balaban J connectivity index is 1.31. The number of rotatable bonds is 11. The number of piperidine rings is 1. The molecule has 0 amide bonds. The van der Waals surface area contributed by atoms with E-state index >= 15 is 0 Å². The third kappa shape index (κ3) is 6.58. The van der Waals surface area contributed by atoms with Crippen LogP contribution >= 0.6 is 0 Å². The number of ketones is 1. The summed E-state index contributed by atoms with van der Waals surface area (Å²) in [7, 11) is 0. The number of alkyl halides is 3. The number of halogens is 4. The van der Waals surface area contributed by atoms with Gasteiger partial charge in [0, 0.05) is 46.1 Å². The average Bonchev–Trinajstić information content (AvgIpc) is 3.73. The molecule has 2 aromatic carbocycles. The second-order valence-corrected chi connectivity index (χ2v) is 11.2. The Hall–Kier alpha value is -3.40. The number of fused-ring (bicyclic) bond motifs is 2. The molecule has 5 rings (SSSR count). The lowest BCUT2D eigenvalue weighted by Crippen LogP contribution is -2.46. The van der Waals surface area contributed by atoms with Crippen LogP contribution in [-0.4, -0.2) is 42.7 Å². The van der Waals surface area contributed by atoms with Crippen LogP contribution in [0.2, 0.25) is 0 Å². The van der Waals surface area contributed by atoms with Gasteiger partial charge in [0.15, 0.2) is 5.78 Å². The molecule has 6 nitrogen and oxygen atoms in total. The fraction of sp³-hybridized carbons (Fsp3) is 0.484. The summed E-state index contributed by atoms with van der Waals surface area (Å²) in [5.74, 6) is -1.25. The van der Waals surface area contributed by atoms with Gasteiger partial charge in [-0.05, 0) is 75.3 Å². The fourth-order valence-electron chi connectivity index (χ4n) is 6.12. The minimum absolute atomic E-state index is 0.00445. The number of hydrogen-bond donors (Lipinski definition) is 2. The third-order valence-corrected chi connectivity index (χ3v) is 8.20. The van der Waals surface area contributed by atoms with E-state index in [1.807, 2.05) is 13.0 Å². The Labute approximate surface area is 237 Å². The molecule has 3 N–H and O–H groups in total. The Morgan fingerprint density at radius 2 is 1.73 bits per heavy atom. The summed E-state index contributed by atoms with van der Waals surface area (Å²) in [6, 6.07) is 10.9. The molecule has 3 aliphatic rings. The molecule has 0 radical (unpaired) electrons. The summed E-state index contributed by atoms with van der Waals surface area (Å²) in [5.41, 5.74) is 7.88. The van der Waals surface area contributed by atoms with E-state index in [0.717, 1.165) is 24.9 Å². The number of nitrogens with one attached hydrogen (secondary N) is 1. The molecule has 2 aromatic rings. The van der Waals surface area contributed by atoms with Crippen molar-refractivity contribution in [1.82, 2.24) is 0 Å². The molecule has 41 heavy (non-hydrogen) atoms. The molecule has 0 aromatic heterocycles. The van der Waals surface area contributed by atoms with Crippen LogP contribution in [0, 0.1) is 17.1 Å². The number of para-hydroxylation sites is 1. The second-order valence-electron chi connectivity index (χ2n) is 11.2. The van der Waals surface area contributed by atoms with E-state index in [-0.39, 0.29) is 53.3 Å². The van der Waals surface area contributed by atoms with Crippen LogP contribution < -0.4 is 15.4 Å². The lowest BCUT2D eigenvalue weighted by atomic mass is 9.97. The molecule has 1 aliphatic carbocycles. The molecule has 1 saturated carbocycles. The van der Waals surface area contributed by atoms with Gasteiger partial charge in [0.2, 0.25) is 0 Å². The number of carbonyl (C=O) groups excluding carboxylic acids is 1. The van der Waals surface area contributed by atoms with Crippen LogP contribution in [0.4, 0.5) is 23.2 Å². The highest BCUT2D eigenvalue weighted by Gasteiger charge is 2.42. The zero-order valence-corrected chi connectivity index (χ0v) is 23.0. The minimum Gasteiger partial charge on any atom is -0.405 e. The van der Waals surface area contributed by atoms with Crippen LogP contribution in [0.15, 0.2) is 48.0 Å². The molecular weight excluding hydrogens is 538 g/mol. The monoisotopic (exact) mass is 573 g/mol. The van der Waals surface area contributed by atoms with E-state index < -0.39 is 17.9 Å². The van der Waals surface area contributed by atoms with Crippen molar-refractivity contribution >= 4 is 22.9 Å². The number of anilines is 1. The smallest absolute Gasteiger partial charge is 0.405 e. The number of carbonyl (C=O) groups is 1. The van der Waals surface area contributed by atoms with Crippen molar-refractivity contribution in [2.75, 3.05) is 11.5 Å². The molecule has 2 bridgehead atoms. The van der Waals surface area contributed by atoms with Crippen LogP contribution in [0.3, 0.4) is 0 Å². The summed E-state index contributed by atoms with van der Waals surface area (Å²) >= 11 is 0. The number of Topliss-reactive ketones (excluding diaryl/α,β-unsaturated/α-hetero) is 1. The number of hydrogen-bond acceptors (Lipinski definition) is 6. The topological polar surface area (TPSA) is 88.6 Å². The van der Waals surface area contributed by atoms with Crippen molar-refractivity contribution in [3.05, 3.63) is 65.0 Å². The van der Waals surface area contributed by atoms with Crippen LogP contribution in [0.1, 0.15) is 69.4 Å². The van der Waals surface area contributed by atoms with Crippen molar-refractivity contribution in [3.63, 3.8) is 0 Å². The SMILES string of the molecule is CCCC(=N)c1ccc(N2C3CCC2CC(OCC(C(=O)C2CC2)=C(N)c2ccccc2OC(F)(F)F)C3)cc1F. The highest BCUT2D eigenvalue weighted by Crippen LogP contribution is 2.42. The van der Waals surface area contributed by atoms with Gasteiger partial charge in [0.05, 0.1) is 18.4 Å². The van der Waals surface area contributed by atoms with E-state index in [0.29, 0.717) is 43.4 Å². The summed E-state index contributed by atoms with van der Waals surface area (Å²) in [5, 5.41) is 8.12. The first-order valence-electron chi connectivity index (χ1n) is 14.2. The van der Waals surface area contributed by atoms with Crippen molar-refractivity contribution in [3.8, 4) is 5.75 Å². The summed E-state index contributed by atoms with van der Waals surface area (Å²) < 4.78 is 64.4. The summed E-state index contributed by atoms with van der Waals surface area (Å²) in [6.07, 6.45) is 0.840. The summed E-state index contributed by atoms with van der Waals surface area (Å²) in [6.45, 7) is 1.86. The molecule has 10 heteroatoms. The first-order valence-corrected chi connectivity index (χ1v) is 14.2. The first-order chi connectivity index (χ1) is 19.6. The maximum Gasteiger partial charge on any atom is 0.573 e. The maximum absolute atomic E-state index is 14.9. The third-order valence-electron chi connectivity index (χ3n) is 8.20. The molecule has 2 unspecified atom stereocenters. The molecule has 2 atom stereocenters. The van der Waals surface area contributed by atoms with Gasteiger partial charge >= 0.3 is 6.36 Å². The van der Waals surface area contributed by atoms with Gasteiger partial charge in [0.25, 0.3) is 0 Å². The van der Waals surface area contributed by atoms with Crippen LogP contribution in [0.25, 0.3) is 5.70 Å². The minimum atomic E-state index is -4.90. The van der Waals surface area contributed by atoms with Crippen molar-refractivity contribution < 1.29 is 31.8 Å². The normalized spacial score (nSPS) is 22.9. The van der Waals surface area contributed by atoms with Gasteiger partial charge in [-0.25, -0.2) is 4.39 Å². The standard InChI is InChI=1S/C31H35F4N3O3/c1-2-5-27(36)23-13-12-21(16-26(23)32)38-19-10-11-20(38)15-22(14-19)40-17-25(30(39)18-8-9-18)29(37)24-6-3-4-7-28(24)41-31(33,34)35/h3-4,6-7,12-13,16,18-20,22,36H,2,5,8-11,14-15,17,37H2,1H3. The predicted molar refractivity (Wildman–Crippen MR) is 148 cm³/mol. The Kier molecular flexibility index (Phi) is 8.40. The van der Waals surface area contributed by atoms with E-state index in [9.17, 15) is 22.4 Å². The average molecular weight is 574 g/mol. The zero-order valence-electron chi connectivity index (χ0n) is 23.0. The van der Waals surface area contributed by atoms with E-state index in [1.54, 1.807) is 12.1 Å². The van der Waals surface area contributed by atoms with Crippen molar-refractivity contribution in [2.24, 2.45) is 11.7 Å². The van der Waals surface area contributed by atoms with E-state index in [2.05, 4.69) is 9.64 Å². The van der Waals surface area contributed by atoms with Gasteiger partial charge in [-0.1, -0.05) is 25.5 Å². The van der Waals surface area contributed by atoms with E-state index in [1.165, 1.54) is 24.3 Å². The van der Waals surface area contributed by atoms with E-state index in [4.69, 9.17) is 15.9 Å². The van der Waals surface area contributed by atoms with Gasteiger partial charge in [0.1, 0.15) is 11.6 Å². The lowest BCUT2D eigenvalue weighted by molar-refractivity contribution is -0.274. The quantitative estimate of drug-likeness (QED) is 0.176. The molecule has 2 saturated heterocycles. The van der Waals surface area contributed by atoms with Gasteiger partial charge in [-0.15, -0.1) is 13.2 Å². The number of nitrogens with two attached hydrogens (primary N) is 1. The second kappa shape index (κ2) is 11.8. The number of nitrogens with zero attached hydrogens (tertiary/aromatic N) is 1. The molecule has 0 spiro atoms. The van der Waals surface area contributed by atoms with Gasteiger partial charge in [-0.2, -0.15) is 0 Å². The fourth-order valence-corrected chi connectivity index (χ4v) is 6.12. The Bertz CT molecular complexity index is 1320. The Morgan fingerprint density at radius 1 is 1.05 bits per heavy atom. The highest BCUT2D eigenvalue weighted by atomic mass is 19.4. The van der Waals surface area contributed by atoms with Gasteiger partial charge < -0.3 is 25.5 Å².